The van der Waals surface area contributed by atoms with Crippen molar-refractivity contribution in [3.8, 4) is 0 Å². The number of benzene rings is 1. The molecule has 2 fully saturated rings. The topological polar surface area (TPSA) is 50.3 Å². The molecular formula is C17H19BrN4O. The number of morpholine rings is 1. The van der Waals surface area contributed by atoms with Gasteiger partial charge in [-0.25, -0.2) is 9.97 Å². The molecule has 2 aromatic rings. The Morgan fingerprint density at radius 2 is 1.91 bits per heavy atom. The van der Waals surface area contributed by atoms with E-state index in [0.29, 0.717) is 12.0 Å². The number of rotatable bonds is 4. The number of hydrogen-bond donors (Lipinski definition) is 1. The molecule has 1 aliphatic heterocycles. The lowest BCUT2D eigenvalue weighted by Crippen LogP contribution is -2.36. The minimum atomic E-state index is 0.462. The molecule has 0 amide bonds. The highest BCUT2D eigenvalue weighted by atomic mass is 79.9. The molecule has 1 aromatic carbocycles. The van der Waals surface area contributed by atoms with Gasteiger partial charge in [0.05, 0.1) is 13.2 Å². The van der Waals surface area contributed by atoms with Gasteiger partial charge in [-0.2, -0.15) is 0 Å². The Balaban J connectivity index is 1.41. The van der Waals surface area contributed by atoms with Gasteiger partial charge in [-0.1, -0.05) is 28.1 Å². The van der Waals surface area contributed by atoms with Crippen LogP contribution >= 0.6 is 15.9 Å². The van der Waals surface area contributed by atoms with Crippen LogP contribution in [0.1, 0.15) is 17.9 Å². The molecule has 23 heavy (non-hydrogen) atoms. The molecule has 4 rings (SSSR count). The van der Waals surface area contributed by atoms with Crippen LogP contribution in [0.3, 0.4) is 0 Å². The summed E-state index contributed by atoms with van der Waals surface area (Å²) >= 11 is 3.48. The minimum Gasteiger partial charge on any atom is -0.378 e. The first-order valence-corrected chi connectivity index (χ1v) is 8.75. The average Bonchev–Trinajstić information content (AvgIpc) is 3.36. The van der Waals surface area contributed by atoms with Gasteiger partial charge < -0.3 is 15.0 Å². The van der Waals surface area contributed by atoms with Gasteiger partial charge in [-0.3, -0.25) is 0 Å². The number of nitrogens with zero attached hydrogens (tertiary/aromatic N) is 3. The molecular weight excluding hydrogens is 356 g/mol. The van der Waals surface area contributed by atoms with Crippen molar-refractivity contribution in [2.45, 2.75) is 18.4 Å². The molecule has 5 nitrogen and oxygen atoms in total. The quantitative estimate of drug-likeness (QED) is 0.890. The van der Waals surface area contributed by atoms with Gasteiger partial charge >= 0.3 is 0 Å². The van der Waals surface area contributed by atoms with Crippen molar-refractivity contribution in [3.63, 3.8) is 0 Å². The van der Waals surface area contributed by atoms with E-state index in [1.54, 1.807) is 6.33 Å². The zero-order chi connectivity index (χ0) is 15.6. The molecule has 0 bridgehead atoms. The van der Waals surface area contributed by atoms with Gasteiger partial charge in [0.1, 0.15) is 18.0 Å². The Labute approximate surface area is 144 Å². The average molecular weight is 375 g/mol. The summed E-state index contributed by atoms with van der Waals surface area (Å²) < 4.78 is 6.52. The van der Waals surface area contributed by atoms with Gasteiger partial charge in [0, 0.05) is 35.6 Å². The number of halogens is 1. The van der Waals surface area contributed by atoms with Crippen LogP contribution in [0.5, 0.6) is 0 Å². The van der Waals surface area contributed by atoms with Crippen LogP contribution in [0.25, 0.3) is 0 Å². The first-order valence-electron chi connectivity index (χ1n) is 7.96. The zero-order valence-electron chi connectivity index (χ0n) is 12.8. The van der Waals surface area contributed by atoms with Crippen LogP contribution in [0.2, 0.25) is 0 Å². The number of anilines is 2. The summed E-state index contributed by atoms with van der Waals surface area (Å²) in [6.07, 6.45) is 2.79. The maximum absolute atomic E-state index is 5.39. The van der Waals surface area contributed by atoms with E-state index in [-0.39, 0.29) is 0 Å². The van der Waals surface area contributed by atoms with Crippen LogP contribution in [-0.2, 0) is 4.74 Å². The fourth-order valence-electron chi connectivity index (χ4n) is 3.01. The SMILES string of the molecule is Brc1ccc(C2CC2Nc2cc(N3CCOCC3)ncn2)cc1. The van der Waals surface area contributed by atoms with E-state index in [1.807, 2.05) is 6.07 Å². The fourth-order valence-corrected chi connectivity index (χ4v) is 3.28. The second-order valence-electron chi connectivity index (χ2n) is 6.01. The lowest BCUT2D eigenvalue weighted by Gasteiger charge is -2.27. The third-order valence-electron chi connectivity index (χ3n) is 4.41. The maximum atomic E-state index is 5.39. The monoisotopic (exact) mass is 374 g/mol. The molecule has 2 aliphatic rings. The Morgan fingerprint density at radius 1 is 1.13 bits per heavy atom. The first kappa shape index (κ1) is 14.9. The van der Waals surface area contributed by atoms with Crippen LogP contribution in [0.4, 0.5) is 11.6 Å². The molecule has 1 N–H and O–H groups in total. The molecule has 120 valence electrons. The van der Waals surface area contributed by atoms with Gasteiger partial charge in [0.25, 0.3) is 0 Å². The van der Waals surface area contributed by atoms with Gasteiger partial charge in [0.15, 0.2) is 0 Å². The Kier molecular flexibility index (Phi) is 4.18. The van der Waals surface area contributed by atoms with Crippen molar-refractivity contribution in [1.82, 2.24) is 9.97 Å². The molecule has 1 saturated heterocycles. The van der Waals surface area contributed by atoms with Crippen LogP contribution in [0.15, 0.2) is 41.1 Å². The van der Waals surface area contributed by atoms with Crippen molar-refractivity contribution in [3.05, 3.63) is 46.7 Å². The molecule has 2 heterocycles. The van der Waals surface area contributed by atoms with Gasteiger partial charge in [0.2, 0.25) is 0 Å². The van der Waals surface area contributed by atoms with Crippen LogP contribution < -0.4 is 10.2 Å². The van der Waals surface area contributed by atoms with E-state index < -0.39 is 0 Å². The number of aromatic nitrogens is 2. The Morgan fingerprint density at radius 3 is 2.70 bits per heavy atom. The molecule has 0 spiro atoms. The van der Waals surface area contributed by atoms with E-state index in [0.717, 1.165) is 48.8 Å². The normalized spacial score (nSPS) is 23.6. The minimum absolute atomic E-state index is 0.462. The highest BCUT2D eigenvalue weighted by Crippen LogP contribution is 2.42. The third kappa shape index (κ3) is 3.48. The van der Waals surface area contributed by atoms with E-state index in [4.69, 9.17) is 4.74 Å². The smallest absolute Gasteiger partial charge is 0.134 e. The second-order valence-corrected chi connectivity index (χ2v) is 6.92. The summed E-state index contributed by atoms with van der Waals surface area (Å²) in [6.45, 7) is 3.31. The lowest BCUT2D eigenvalue weighted by molar-refractivity contribution is 0.122. The predicted molar refractivity (Wildman–Crippen MR) is 94.0 cm³/mol. The van der Waals surface area contributed by atoms with E-state index in [2.05, 4.69) is 60.4 Å². The molecule has 1 saturated carbocycles. The fraction of sp³-hybridized carbons (Fsp3) is 0.412. The van der Waals surface area contributed by atoms with E-state index in [1.165, 1.54) is 5.56 Å². The van der Waals surface area contributed by atoms with E-state index in [9.17, 15) is 0 Å². The third-order valence-corrected chi connectivity index (χ3v) is 4.94. The molecule has 0 radical (unpaired) electrons. The highest BCUT2D eigenvalue weighted by Gasteiger charge is 2.38. The summed E-state index contributed by atoms with van der Waals surface area (Å²) in [5.41, 5.74) is 1.38. The van der Waals surface area contributed by atoms with Crippen LogP contribution in [0, 0.1) is 0 Å². The highest BCUT2D eigenvalue weighted by molar-refractivity contribution is 9.10. The predicted octanol–water partition coefficient (Wildman–Crippen LogP) is 3.04. The molecule has 2 atom stereocenters. The number of ether oxygens (including phenoxy) is 1. The Bertz CT molecular complexity index is 673. The largest absolute Gasteiger partial charge is 0.378 e. The summed E-state index contributed by atoms with van der Waals surface area (Å²) in [6, 6.07) is 11.1. The number of nitrogens with one attached hydrogen (secondary N) is 1. The van der Waals surface area contributed by atoms with Crippen LogP contribution in [-0.4, -0.2) is 42.3 Å². The van der Waals surface area contributed by atoms with Crippen molar-refractivity contribution in [2.75, 3.05) is 36.5 Å². The van der Waals surface area contributed by atoms with E-state index >= 15 is 0 Å². The second kappa shape index (κ2) is 6.45. The zero-order valence-corrected chi connectivity index (χ0v) is 14.4. The van der Waals surface area contributed by atoms with Crippen molar-refractivity contribution in [1.29, 1.82) is 0 Å². The standard InChI is InChI=1S/C17H19BrN4O/c18-13-3-1-12(2-4-13)14-9-15(14)21-16-10-17(20-11-19-16)22-5-7-23-8-6-22/h1-4,10-11,14-15H,5-9H2,(H,19,20,21). The van der Waals surface area contributed by atoms with Crippen molar-refractivity contribution in [2.24, 2.45) is 0 Å². The van der Waals surface area contributed by atoms with Crippen molar-refractivity contribution >= 4 is 27.6 Å². The molecule has 6 heteroatoms. The number of hydrogen-bond acceptors (Lipinski definition) is 5. The van der Waals surface area contributed by atoms with Crippen molar-refractivity contribution < 1.29 is 4.74 Å². The summed E-state index contributed by atoms with van der Waals surface area (Å²) in [5.74, 6) is 2.46. The maximum Gasteiger partial charge on any atom is 0.134 e. The molecule has 2 unspecified atom stereocenters. The summed E-state index contributed by atoms with van der Waals surface area (Å²) in [4.78, 5) is 11.0. The van der Waals surface area contributed by atoms with Gasteiger partial charge in [-0.15, -0.1) is 0 Å². The molecule has 1 aliphatic carbocycles. The first-order chi connectivity index (χ1) is 11.3. The lowest BCUT2D eigenvalue weighted by atomic mass is 10.1. The summed E-state index contributed by atoms with van der Waals surface area (Å²) in [5, 5.41) is 3.54. The Hall–Kier alpha value is -1.66. The van der Waals surface area contributed by atoms with Gasteiger partial charge in [-0.05, 0) is 24.1 Å². The molecule has 1 aromatic heterocycles. The summed E-state index contributed by atoms with van der Waals surface area (Å²) in [7, 11) is 0.